The van der Waals surface area contributed by atoms with Gasteiger partial charge in [-0.3, -0.25) is 19.5 Å². The van der Waals surface area contributed by atoms with Gasteiger partial charge in [0.25, 0.3) is 11.2 Å². The molecule has 0 amide bonds. The Kier molecular flexibility index (Phi) is 6.55. The molecule has 0 saturated heterocycles. The molecule has 1 aliphatic carbocycles. The predicted molar refractivity (Wildman–Crippen MR) is 163 cm³/mol. The summed E-state index contributed by atoms with van der Waals surface area (Å²) >= 11 is 1.30. The number of methoxy groups -OCH3 is 2. The highest BCUT2D eigenvalue weighted by atomic mass is 32.1. The maximum absolute atomic E-state index is 14.1. The molecule has 1 atom stereocenters. The summed E-state index contributed by atoms with van der Waals surface area (Å²) < 4.78 is 19.2. The van der Waals surface area contributed by atoms with Crippen LogP contribution in [0, 0.1) is 10.1 Å². The van der Waals surface area contributed by atoms with E-state index in [-0.39, 0.29) is 17.3 Å². The van der Waals surface area contributed by atoms with Gasteiger partial charge in [0, 0.05) is 23.8 Å². The largest absolute Gasteiger partial charge is 0.497 e. The van der Waals surface area contributed by atoms with Crippen molar-refractivity contribution in [1.29, 1.82) is 0 Å². The molecule has 0 N–H and O–H groups in total. The molecule has 7 rings (SSSR count). The summed E-state index contributed by atoms with van der Waals surface area (Å²) in [6, 6.07) is 23.5. The molecule has 214 valence electrons. The van der Waals surface area contributed by atoms with Gasteiger partial charge in [-0.1, -0.05) is 47.7 Å². The SMILES string of the molecule is COc1cccc([C@H]2C3=C(N=c4s/c(=C/c5ccc(-c6cc([N+](=O)[O-])ccc6OC)o5)c(=O)n42)c2ccccc2CC3)c1. The number of aryl methyl sites for hydroxylation is 1. The Labute approximate surface area is 249 Å². The second-order valence-corrected chi connectivity index (χ2v) is 11.2. The van der Waals surface area contributed by atoms with Crippen LogP contribution in [0.4, 0.5) is 5.69 Å². The van der Waals surface area contributed by atoms with Gasteiger partial charge in [0.05, 0.1) is 41.0 Å². The number of aromatic nitrogens is 1. The average molecular weight is 592 g/mol. The van der Waals surface area contributed by atoms with Crippen LogP contribution in [-0.4, -0.2) is 23.7 Å². The Bertz CT molecular complexity index is 2140. The van der Waals surface area contributed by atoms with Gasteiger partial charge in [0.1, 0.15) is 23.0 Å². The summed E-state index contributed by atoms with van der Waals surface area (Å²) in [5, 5.41) is 11.4. The maximum Gasteiger partial charge on any atom is 0.271 e. The van der Waals surface area contributed by atoms with Crippen LogP contribution in [-0.2, 0) is 6.42 Å². The van der Waals surface area contributed by atoms with Crippen molar-refractivity contribution in [2.75, 3.05) is 14.2 Å². The maximum atomic E-state index is 14.1. The van der Waals surface area contributed by atoms with E-state index >= 15 is 0 Å². The lowest BCUT2D eigenvalue weighted by molar-refractivity contribution is -0.384. The van der Waals surface area contributed by atoms with E-state index in [4.69, 9.17) is 18.9 Å². The van der Waals surface area contributed by atoms with Crippen LogP contribution in [0.2, 0.25) is 0 Å². The van der Waals surface area contributed by atoms with Crippen LogP contribution in [0.5, 0.6) is 11.5 Å². The van der Waals surface area contributed by atoms with E-state index in [0.717, 1.165) is 41.0 Å². The number of rotatable bonds is 6. The monoisotopic (exact) mass is 591 g/mol. The van der Waals surface area contributed by atoms with Crippen molar-refractivity contribution in [3.63, 3.8) is 0 Å². The molecule has 3 heterocycles. The molecule has 1 aliphatic heterocycles. The Balaban J connectivity index is 1.38. The number of furan rings is 1. The number of fused-ring (bicyclic) bond motifs is 3. The summed E-state index contributed by atoms with van der Waals surface area (Å²) in [5.74, 6) is 1.98. The Morgan fingerprint density at radius 2 is 1.86 bits per heavy atom. The third-order valence-electron chi connectivity index (χ3n) is 7.84. The molecule has 0 spiro atoms. The molecule has 2 aromatic heterocycles. The number of nitro groups is 1. The van der Waals surface area contributed by atoms with Crippen LogP contribution >= 0.6 is 11.3 Å². The highest BCUT2D eigenvalue weighted by Gasteiger charge is 2.32. The number of hydrogen-bond donors (Lipinski definition) is 0. The van der Waals surface area contributed by atoms with E-state index in [0.29, 0.717) is 32.2 Å². The van der Waals surface area contributed by atoms with Gasteiger partial charge in [-0.2, -0.15) is 0 Å². The van der Waals surface area contributed by atoms with Crippen molar-refractivity contribution in [2.24, 2.45) is 4.99 Å². The van der Waals surface area contributed by atoms with Gasteiger partial charge in [-0.05, 0) is 59.9 Å². The van der Waals surface area contributed by atoms with Gasteiger partial charge >= 0.3 is 0 Å². The lowest BCUT2D eigenvalue weighted by Gasteiger charge is -2.31. The van der Waals surface area contributed by atoms with Crippen molar-refractivity contribution >= 4 is 28.8 Å². The quantitative estimate of drug-likeness (QED) is 0.191. The first-order valence-electron chi connectivity index (χ1n) is 13.6. The third kappa shape index (κ3) is 4.56. The Hall–Kier alpha value is -5.22. The first-order valence-corrected chi connectivity index (χ1v) is 14.5. The third-order valence-corrected chi connectivity index (χ3v) is 8.82. The van der Waals surface area contributed by atoms with E-state index in [1.165, 1.54) is 42.2 Å². The molecule has 0 saturated carbocycles. The average Bonchev–Trinajstić information content (AvgIpc) is 3.63. The van der Waals surface area contributed by atoms with E-state index in [1.54, 1.807) is 29.9 Å². The minimum Gasteiger partial charge on any atom is -0.497 e. The second-order valence-electron chi connectivity index (χ2n) is 10.2. The van der Waals surface area contributed by atoms with Crippen molar-refractivity contribution in [3.8, 4) is 22.8 Å². The van der Waals surface area contributed by atoms with Crippen molar-refractivity contribution in [2.45, 2.75) is 18.9 Å². The van der Waals surface area contributed by atoms with Crippen molar-refractivity contribution in [1.82, 2.24) is 4.57 Å². The normalized spacial score (nSPS) is 15.8. The number of allylic oxidation sites excluding steroid dienone is 1. The molecule has 0 radical (unpaired) electrons. The highest BCUT2D eigenvalue weighted by Crippen LogP contribution is 2.42. The topological polar surface area (TPSA) is 109 Å². The van der Waals surface area contributed by atoms with Crippen LogP contribution < -0.4 is 24.4 Å². The minimum absolute atomic E-state index is 0.0786. The van der Waals surface area contributed by atoms with Gasteiger partial charge in [0.15, 0.2) is 4.80 Å². The van der Waals surface area contributed by atoms with Crippen LogP contribution in [0.1, 0.15) is 34.9 Å². The Morgan fingerprint density at radius 3 is 2.67 bits per heavy atom. The van der Waals surface area contributed by atoms with E-state index < -0.39 is 4.92 Å². The fraction of sp³-hybridized carbons (Fsp3) is 0.152. The zero-order chi connectivity index (χ0) is 29.7. The van der Waals surface area contributed by atoms with Crippen molar-refractivity contribution < 1.29 is 18.8 Å². The van der Waals surface area contributed by atoms with Gasteiger partial charge in [-0.25, -0.2) is 4.99 Å². The molecule has 0 bridgehead atoms. The molecule has 5 aromatic rings. The molecule has 0 unspecified atom stereocenters. The molecule has 0 fully saturated rings. The van der Waals surface area contributed by atoms with Crippen LogP contribution in [0.3, 0.4) is 0 Å². The lowest BCUT2D eigenvalue weighted by atomic mass is 9.83. The van der Waals surface area contributed by atoms with E-state index in [9.17, 15) is 14.9 Å². The highest BCUT2D eigenvalue weighted by molar-refractivity contribution is 7.07. The summed E-state index contributed by atoms with van der Waals surface area (Å²) in [4.78, 5) is 30.6. The molecule has 2 aliphatic rings. The fourth-order valence-electron chi connectivity index (χ4n) is 5.84. The van der Waals surface area contributed by atoms with E-state index in [1.807, 2.05) is 36.4 Å². The summed E-state index contributed by atoms with van der Waals surface area (Å²) in [6.07, 6.45) is 3.34. The van der Waals surface area contributed by atoms with Gasteiger partial charge in [-0.15, -0.1) is 0 Å². The molecule has 43 heavy (non-hydrogen) atoms. The number of thiazole rings is 1. The molecular formula is C33H25N3O6S. The molecule has 3 aromatic carbocycles. The minimum atomic E-state index is -0.468. The van der Waals surface area contributed by atoms with Crippen LogP contribution in [0.15, 0.2) is 98.6 Å². The number of non-ortho nitro benzene ring substituents is 1. The zero-order valence-corrected chi connectivity index (χ0v) is 24.1. The Morgan fingerprint density at radius 1 is 1.00 bits per heavy atom. The lowest BCUT2D eigenvalue weighted by Crippen LogP contribution is -2.38. The summed E-state index contributed by atoms with van der Waals surface area (Å²) in [5.41, 5.74) is 5.50. The van der Waals surface area contributed by atoms with Gasteiger partial charge in [0.2, 0.25) is 0 Å². The number of nitrogens with zero attached hydrogens (tertiary/aromatic N) is 3. The molecule has 9 nitrogen and oxygen atoms in total. The van der Waals surface area contributed by atoms with Crippen LogP contribution in [0.25, 0.3) is 23.1 Å². The smallest absolute Gasteiger partial charge is 0.271 e. The van der Waals surface area contributed by atoms with Gasteiger partial charge < -0.3 is 13.9 Å². The summed E-state index contributed by atoms with van der Waals surface area (Å²) in [7, 11) is 3.12. The standard InChI is InChI=1S/C33H25N3O6S/c1-40-22-8-5-7-20(16-22)31-25-13-10-19-6-3-4-9-24(19)30(25)34-33-35(31)32(37)29(43-33)18-23-12-15-28(42-23)26-17-21(36(38)39)11-14-27(26)41-2/h3-9,11-12,14-18,31H,10,13H2,1-2H3/b29-18+/t31-/m0/s1. The number of nitro benzene ring substituents is 1. The number of hydrogen-bond acceptors (Lipinski definition) is 8. The molecule has 10 heteroatoms. The first kappa shape index (κ1) is 26.7. The summed E-state index contributed by atoms with van der Waals surface area (Å²) in [6.45, 7) is 0. The number of ether oxygens (including phenoxy) is 2. The fourth-order valence-corrected chi connectivity index (χ4v) is 6.82. The second kappa shape index (κ2) is 10.6. The first-order chi connectivity index (χ1) is 20.9. The number of benzene rings is 3. The predicted octanol–water partition coefficient (Wildman–Crippen LogP) is 5.50. The van der Waals surface area contributed by atoms with E-state index in [2.05, 4.69) is 12.1 Å². The zero-order valence-electron chi connectivity index (χ0n) is 23.3. The van der Waals surface area contributed by atoms with Crippen molar-refractivity contribution in [3.05, 3.63) is 137 Å². The molecular weight excluding hydrogens is 566 g/mol.